The molecule has 7 heteroatoms. The van der Waals surface area contributed by atoms with E-state index in [1.807, 2.05) is 63.3 Å². The van der Waals surface area contributed by atoms with Crippen LogP contribution in [0.3, 0.4) is 0 Å². The summed E-state index contributed by atoms with van der Waals surface area (Å²) < 4.78 is 0. The molecule has 1 unspecified atom stereocenters. The van der Waals surface area contributed by atoms with Crippen molar-refractivity contribution in [3.05, 3.63) is 30.3 Å². The Hall–Kier alpha value is -2.18. The molecule has 0 aliphatic carbocycles. The number of likely N-dealkylation sites (N-methyl/N-ethyl adjacent to an activating group) is 2. The summed E-state index contributed by atoms with van der Waals surface area (Å²) in [4.78, 5) is 0. The van der Waals surface area contributed by atoms with Crippen LogP contribution in [0.1, 0.15) is 13.8 Å². The molecule has 0 saturated carbocycles. The van der Waals surface area contributed by atoms with E-state index in [1.54, 1.807) is 10.0 Å². The second-order valence-electron chi connectivity index (χ2n) is 5.26. The van der Waals surface area contributed by atoms with Gasteiger partial charge in [0.1, 0.15) is 5.54 Å². The molecule has 0 bridgehead atoms. The molecule has 0 aromatic heterocycles. The Labute approximate surface area is 112 Å². The molecule has 2 aliphatic heterocycles. The highest BCUT2D eigenvalue weighted by molar-refractivity contribution is 5.49. The van der Waals surface area contributed by atoms with Crippen molar-refractivity contribution in [2.24, 2.45) is 20.8 Å². The largest absolute Gasteiger partial charge is 0.272 e. The van der Waals surface area contributed by atoms with Gasteiger partial charge in [-0.25, -0.2) is 10.0 Å². The molecule has 1 aromatic carbocycles. The Morgan fingerprint density at radius 2 is 1.53 bits per heavy atom. The maximum absolute atomic E-state index is 4.36. The van der Waals surface area contributed by atoms with Gasteiger partial charge < -0.3 is 0 Å². The van der Waals surface area contributed by atoms with Crippen LogP contribution in [-0.2, 0) is 0 Å². The zero-order valence-corrected chi connectivity index (χ0v) is 11.5. The van der Waals surface area contributed by atoms with Crippen molar-refractivity contribution in [2.75, 3.05) is 19.1 Å². The summed E-state index contributed by atoms with van der Waals surface area (Å²) in [6.07, 6.45) is 0. The average Bonchev–Trinajstić information content (AvgIpc) is 2.86. The van der Waals surface area contributed by atoms with Gasteiger partial charge >= 0.3 is 0 Å². The number of nitrogens with zero attached hydrogens (tertiary/aromatic N) is 7. The first kappa shape index (κ1) is 11.9. The number of rotatable bonds is 1. The lowest BCUT2D eigenvalue weighted by Gasteiger charge is -2.46. The normalized spacial score (nSPS) is 27.9. The summed E-state index contributed by atoms with van der Waals surface area (Å²) >= 11 is 0. The zero-order chi connectivity index (χ0) is 13.7. The van der Waals surface area contributed by atoms with Crippen LogP contribution >= 0.6 is 0 Å². The van der Waals surface area contributed by atoms with Gasteiger partial charge in [-0.3, -0.25) is 0 Å². The lowest BCUT2D eigenvalue weighted by molar-refractivity contribution is -0.0267. The van der Waals surface area contributed by atoms with Gasteiger partial charge in [-0.1, -0.05) is 23.4 Å². The lowest BCUT2D eigenvalue weighted by Crippen LogP contribution is -2.69. The summed E-state index contributed by atoms with van der Waals surface area (Å²) in [5.41, 5.74) is 0.498. The van der Waals surface area contributed by atoms with E-state index in [-0.39, 0.29) is 0 Å². The van der Waals surface area contributed by atoms with Crippen LogP contribution in [0.4, 0.5) is 5.69 Å². The molecule has 0 saturated heterocycles. The molecule has 100 valence electrons. The van der Waals surface area contributed by atoms with Crippen molar-refractivity contribution in [1.82, 2.24) is 10.0 Å². The van der Waals surface area contributed by atoms with E-state index in [2.05, 4.69) is 20.8 Å². The topological polar surface area (TPSA) is 59.2 Å². The molecule has 1 atom stereocenters. The van der Waals surface area contributed by atoms with E-state index in [9.17, 15) is 0 Å². The Morgan fingerprint density at radius 3 is 2.11 bits per heavy atom. The number of anilines is 1. The van der Waals surface area contributed by atoms with E-state index in [4.69, 9.17) is 0 Å². The molecular formula is C12H17N7. The van der Waals surface area contributed by atoms with Crippen LogP contribution in [0, 0.1) is 0 Å². The molecule has 19 heavy (non-hydrogen) atoms. The quantitative estimate of drug-likeness (QED) is 0.778. The third-order valence-corrected chi connectivity index (χ3v) is 3.71. The maximum atomic E-state index is 4.36. The van der Waals surface area contributed by atoms with Crippen LogP contribution in [0.25, 0.3) is 0 Å². The van der Waals surface area contributed by atoms with Gasteiger partial charge in [0.05, 0.1) is 5.69 Å². The van der Waals surface area contributed by atoms with Crippen LogP contribution in [0.5, 0.6) is 0 Å². The van der Waals surface area contributed by atoms with Crippen LogP contribution in [0.2, 0.25) is 0 Å². The highest BCUT2D eigenvalue weighted by atomic mass is 15.9. The van der Waals surface area contributed by atoms with E-state index in [1.165, 1.54) is 0 Å². The van der Waals surface area contributed by atoms with Gasteiger partial charge in [-0.2, -0.15) is 10.1 Å². The molecular weight excluding hydrogens is 242 g/mol. The van der Waals surface area contributed by atoms with Crippen LogP contribution in [-0.4, -0.2) is 35.4 Å². The van der Waals surface area contributed by atoms with Gasteiger partial charge in [0.15, 0.2) is 0 Å². The Bertz CT molecular complexity index is 532. The summed E-state index contributed by atoms with van der Waals surface area (Å²) in [5, 5.41) is 22.5. The Balaban J connectivity index is 2.14. The van der Waals surface area contributed by atoms with Gasteiger partial charge in [0.25, 0.3) is 5.79 Å². The molecule has 0 N–H and O–H groups in total. The smallest absolute Gasteiger partial charge is 0.233 e. The highest BCUT2D eigenvalue weighted by Crippen LogP contribution is 2.47. The zero-order valence-electron chi connectivity index (χ0n) is 11.5. The minimum absolute atomic E-state index is 0.462. The number of hydrogen-bond acceptors (Lipinski definition) is 7. The lowest BCUT2D eigenvalue weighted by atomic mass is 9.94. The van der Waals surface area contributed by atoms with Gasteiger partial charge in [0, 0.05) is 14.1 Å². The summed E-state index contributed by atoms with van der Waals surface area (Å²) in [7, 11) is 3.78. The first-order chi connectivity index (χ1) is 9.00. The van der Waals surface area contributed by atoms with Crippen LogP contribution in [0.15, 0.2) is 51.1 Å². The van der Waals surface area contributed by atoms with Crippen molar-refractivity contribution in [1.29, 1.82) is 0 Å². The Morgan fingerprint density at radius 1 is 0.895 bits per heavy atom. The molecule has 0 radical (unpaired) electrons. The predicted octanol–water partition coefficient (Wildman–Crippen LogP) is 2.47. The fourth-order valence-corrected chi connectivity index (χ4v) is 2.87. The molecule has 1 aromatic rings. The van der Waals surface area contributed by atoms with E-state index >= 15 is 0 Å². The highest BCUT2D eigenvalue weighted by Gasteiger charge is 2.64. The molecule has 0 fully saturated rings. The van der Waals surface area contributed by atoms with Gasteiger partial charge in [0.2, 0.25) is 0 Å². The van der Waals surface area contributed by atoms with Crippen molar-refractivity contribution < 1.29 is 0 Å². The number of para-hydroxylation sites is 1. The SMILES string of the molecule is CN1N=NN(c2ccccc2)C12N(C)N=NC2(C)C. The first-order valence-corrected chi connectivity index (χ1v) is 6.17. The van der Waals surface area contributed by atoms with E-state index in [0.717, 1.165) is 5.69 Å². The third-order valence-electron chi connectivity index (χ3n) is 3.71. The van der Waals surface area contributed by atoms with Crippen molar-refractivity contribution >= 4 is 5.69 Å². The Kier molecular flexibility index (Phi) is 2.29. The van der Waals surface area contributed by atoms with Crippen LogP contribution < -0.4 is 5.01 Å². The van der Waals surface area contributed by atoms with Crippen molar-refractivity contribution in [3.8, 4) is 0 Å². The van der Waals surface area contributed by atoms with Gasteiger partial charge in [-0.15, -0.1) is 0 Å². The third kappa shape index (κ3) is 1.32. The van der Waals surface area contributed by atoms with E-state index in [0.29, 0.717) is 0 Å². The van der Waals surface area contributed by atoms with E-state index < -0.39 is 11.3 Å². The van der Waals surface area contributed by atoms with Gasteiger partial charge in [-0.05, 0) is 36.4 Å². The minimum atomic E-state index is -0.644. The summed E-state index contributed by atoms with van der Waals surface area (Å²) in [6, 6.07) is 9.94. The number of hydrogen-bond donors (Lipinski definition) is 0. The standard InChI is InChI=1S/C12H17N7/c1-11(2)12(17(3)14-13-11)18(4)15-16-19(12)10-8-6-5-7-9-10/h5-9H,1-4H3. The molecule has 3 rings (SSSR count). The second-order valence-corrected chi connectivity index (χ2v) is 5.26. The fraction of sp³-hybridized carbons (Fsp3) is 0.500. The predicted molar refractivity (Wildman–Crippen MR) is 71.0 cm³/mol. The molecule has 1 spiro atoms. The van der Waals surface area contributed by atoms with Crippen molar-refractivity contribution in [3.63, 3.8) is 0 Å². The molecule has 2 heterocycles. The minimum Gasteiger partial charge on any atom is -0.233 e. The number of benzene rings is 1. The monoisotopic (exact) mass is 259 g/mol. The summed E-state index contributed by atoms with van der Waals surface area (Å²) in [6.45, 7) is 4.06. The molecule has 0 amide bonds. The fourth-order valence-electron chi connectivity index (χ4n) is 2.87. The van der Waals surface area contributed by atoms with Crippen molar-refractivity contribution in [2.45, 2.75) is 25.2 Å². The summed E-state index contributed by atoms with van der Waals surface area (Å²) in [5.74, 6) is -0.644. The molecule has 2 aliphatic rings. The molecule has 7 nitrogen and oxygen atoms in total. The second kappa shape index (κ2) is 3.66. The first-order valence-electron chi connectivity index (χ1n) is 6.17. The maximum Gasteiger partial charge on any atom is 0.272 e. The average molecular weight is 259 g/mol.